The summed E-state index contributed by atoms with van der Waals surface area (Å²) in [6, 6.07) is 16.8. The lowest BCUT2D eigenvalue weighted by Crippen LogP contribution is -2.27. The van der Waals surface area contributed by atoms with E-state index in [-0.39, 0.29) is 22.0 Å². The molecular weight excluding hydrogens is 589 g/mol. The normalized spacial score (nSPS) is 13.1. The second-order valence-corrected chi connectivity index (χ2v) is 14.3. The van der Waals surface area contributed by atoms with Crippen molar-refractivity contribution in [2.75, 3.05) is 16.9 Å². The Morgan fingerprint density at radius 3 is 2.07 bits per heavy atom. The van der Waals surface area contributed by atoms with Crippen molar-refractivity contribution in [2.24, 2.45) is 4.36 Å². The molecule has 1 aromatic heterocycles. The third-order valence-corrected chi connectivity index (χ3v) is 7.50. The zero-order chi connectivity index (χ0) is 32.4. The Hall–Kier alpha value is -4.71. The van der Waals surface area contributed by atoms with Crippen LogP contribution in [0.5, 0.6) is 0 Å². The predicted molar refractivity (Wildman–Crippen MR) is 167 cm³/mol. The number of carbonyl (C=O) groups is 3. The van der Waals surface area contributed by atoms with Crippen LogP contribution in [0, 0.1) is 5.82 Å². The lowest BCUT2D eigenvalue weighted by Gasteiger charge is -2.21. The number of ether oxygens (including phenoxy) is 2. The van der Waals surface area contributed by atoms with Gasteiger partial charge in [-0.1, -0.05) is 18.2 Å². The Bertz CT molecular complexity index is 1860. The van der Waals surface area contributed by atoms with Crippen molar-refractivity contribution in [3.63, 3.8) is 0 Å². The highest BCUT2D eigenvalue weighted by Gasteiger charge is 2.21. The van der Waals surface area contributed by atoms with Gasteiger partial charge in [-0.05, 0) is 101 Å². The van der Waals surface area contributed by atoms with Gasteiger partial charge in [-0.3, -0.25) is 10.1 Å². The topological polar surface area (TPSA) is 136 Å². The molecule has 0 radical (unpaired) electrons. The Morgan fingerprint density at radius 2 is 1.43 bits per heavy atom. The van der Waals surface area contributed by atoms with Crippen molar-refractivity contribution in [1.29, 1.82) is 0 Å². The number of amides is 3. The van der Waals surface area contributed by atoms with E-state index in [1.807, 2.05) is 0 Å². The van der Waals surface area contributed by atoms with Crippen LogP contribution in [0.1, 0.15) is 52.1 Å². The number of rotatable bonds is 5. The molecule has 1 unspecified atom stereocenters. The van der Waals surface area contributed by atoms with Crippen molar-refractivity contribution < 1.29 is 36.9 Å². The number of benzene rings is 3. The van der Waals surface area contributed by atoms with Crippen LogP contribution < -0.4 is 10.6 Å². The van der Waals surface area contributed by atoms with Crippen molar-refractivity contribution in [3.05, 3.63) is 78.3 Å². The van der Waals surface area contributed by atoms with Crippen LogP contribution in [-0.2, 0) is 19.2 Å². The van der Waals surface area contributed by atoms with Gasteiger partial charge in [-0.2, -0.15) is 0 Å². The van der Waals surface area contributed by atoms with Gasteiger partial charge in [0.2, 0.25) is 0 Å². The largest absolute Gasteiger partial charge is 0.451 e. The van der Waals surface area contributed by atoms with Crippen LogP contribution in [-0.4, -0.2) is 39.8 Å². The molecule has 44 heavy (non-hydrogen) atoms. The molecule has 0 bridgehead atoms. The van der Waals surface area contributed by atoms with Gasteiger partial charge in [0.1, 0.15) is 22.6 Å². The van der Waals surface area contributed by atoms with E-state index in [0.717, 1.165) is 0 Å². The molecule has 12 heteroatoms. The first kappa shape index (κ1) is 32.2. The van der Waals surface area contributed by atoms with Gasteiger partial charge in [0, 0.05) is 16.5 Å². The first-order valence-corrected chi connectivity index (χ1v) is 15.5. The van der Waals surface area contributed by atoms with Gasteiger partial charge >= 0.3 is 12.2 Å². The summed E-state index contributed by atoms with van der Waals surface area (Å²) in [6.07, 6.45) is -0.353. The number of hydrogen-bond donors (Lipinski definition) is 2. The van der Waals surface area contributed by atoms with Crippen LogP contribution in [0.2, 0.25) is 0 Å². The molecule has 3 amide bonds. The molecule has 0 spiro atoms. The van der Waals surface area contributed by atoms with Crippen LogP contribution in [0.4, 0.5) is 25.4 Å². The molecule has 0 fully saturated rings. The zero-order valence-corrected chi connectivity index (χ0v) is 26.3. The van der Waals surface area contributed by atoms with Gasteiger partial charge in [0.25, 0.3) is 5.91 Å². The molecule has 232 valence electrons. The molecule has 0 saturated carbocycles. The van der Waals surface area contributed by atoms with Crippen molar-refractivity contribution in [2.45, 2.75) is 57.6 Å². The van der Waals surface area contributed by atoms with E-state index in [1.54, 1.807) is 71.9 Å². The highest BCUT2D eigenvalue weighted by atomic mass is 32.2. The highest BCUT2D eigenvalue weighted by Crippen LogP contribution is 2.31. The summed E-state index contributed by atoms with van der Waals surface area (Å²) in [4.78, 5) is 38.3. The molecule has 2 N–H and O–H groups in total. The lowest BCUT2D eigenvalue weighted by atomic mass is 10.0. The molecule has 0 aliphatic carbocycles. The van der Waals surface area contributed by atoms with E-state index in [1.165, 1.54) is 42.7 Å². The molecule has 4 rings (SSSR count). The highest BCUT2D eigenvalue weighted by molar-refractivity contribution is 7.93. The smallest absolute Gasteiger partial charge is 0.442 e. The number of anilines is 2. The molecule has 4 aromatic rings. The summed E-state index contributed by atoms with van der Waals surface area (Å²) >= 11 is 0. The second-order valence-electron chi connectivity index (χ2n) is 12.0. The van der Waals surface area contributed by atoms with Crippen molar-refractivity contribution in [3.8, 4) is 11.1 Å². The maximum atomic E-state index is 13.5. The standard InChI is InChI=1S/C32H34FN3O7S/c1-31(2,3)42-29(38)35-24-14-10-20(19-8-11-22(33)12-9-19)17-25(24)34-28(37)27-18-21-16-23(13-15-26(21)41-27)44(7,40)36-30(39)43-32(4,5)6/h8-18H,1-7H3,(H,34,37)(H,35,38). The van der Waals surface area contributed by atoms with Gasteiger partial charge in [0.15, 0.2) is 5.76 Å². The van der Waals surface area contributed by atoms with Crippen molar-refractivity contribution in [1.82, 2.24) is 0 Å². The van der Waals surface area contributed by atoms with Crippen LogP contribution in [0.15, 0.2) is 80.4 Å². The zero-order valence-electron chi connectivity index (χ0n) is 25.4. The molecule has 0 saturated heterocycles. The molecule has 3 aromatic carbocycles. The fraction of sp³-hybridized carbons (Fsp3) is 0.281. The summed E-state index contributed by atoms with van der Waals surface area (Å²) in [5, 5.41) is 5.85. The third kappa shape index (κ3) is 8.44. The molecular formula is C32H34FN3O7S. The minimum atomic E-state index is -3.16. The molecule has 1 heterocycles. The second kappa shape index (κ2) is 12.1. The monoisotopic (exact) mass is 623 g/mol. The number of nitrogens with zero attached hydrogens (tertiary/aromatic N) is 1. The van der Waals surface area contributed by atoms with E-state index in [4.69, 9.17) is 13.9 Å². The van der Waals surface area contributed by atoms with Crippen LogP contribution in [0.3, 0.4) is 0 Å². The number of furan rings is 1. The molecule has 0 aliphatic rings. The minimum Gasteiger partial charge on any atom is -0.451 e. The first-order chi connectivity index (χ1) is 20.4. The fourth-order valence-electron chi connectivity index (χ4n) is 4.02. The maximum Gasteiger partial charge on any atom is 0.442 e. The third-order valence-electron chi connectivity index (χ3n) is 5.87. The molecule has 1 atom stereocenters. The van der Waals surface area contributed by atoms with Crippen LogP contribution in [0.25, 0.3) is 22.1 Å². The Kier molecular flexibility index (Phi) is 8.87. The van der Waals surface area contributed by atoms with Gasteiger partial charge in [-0.25, -0.2) is 18.2 Å². The fourth-order valence-corrected chi connectivity index (χ4v) is 5.11. The average molecular weight is 624 g/mol. The van der Waals surface area contributed by atoms with E-state index in [9.17, 15) is 23.0 Å². The Labute approximate surface area is 255 Å². The van der Waals surface area contributed by atoms with Crippen molar-refractivity contribution >= 4 is 50.2 Å². The van der Waals surface area contributed by atoms with E-state index >= 15 is 0 Å². The predicted octanol–water partition coefficient (Wildman–Crippen LogP) is 8.23. The Morgan fingerprint density at radius 1 is 0.795 bits per heavy atom. The number of nitrogens with one attached hydrogen (secondary N) is 2. The SMILES string of the molecule is CC(C)(C)OC(=O)N=S(C)(=O)c1ccc2oc(C(=O)Nc3cc(-c4ccc(F)cc4)ccc3NC(=O)OC(C)(C)C)cc2c1. The maximum absolute atomic E-state index is 13.5. The molecule has 10 nitrogen and oxygen atoms in total. The number of halogens is 1. The Balaban J connectivity index is 1.65. The first-order valence-electron chi connectivity index (χ1n) is 13.6. The van der Waals surface area contributed by atoms with Crippen LogP contribution >= 0.6 is 0 Å². The number of carbonyl (C=O) groups excluding carboxylic acids is 3. The summed E-state index contributed by atoms with van der Waals surface area (Å²) in [7, 11) is -3.16. The van der Waals surface area contributed by atoms with E-state index < -0.39 is 44.8 Å². The van der Waals surface area contributed by atoms with Gasteiger partial charge in [0.05, 0.1) is 21.1 Å². The van der Waals surface area contributed by atoms with Gasteiger partial charge in [-0.15, -0.1) is 4.36 Å². The van der Waals surface area contributed by atoms with E-state index in [2.05, 4.69) is 15.0 Å². The number of hydrogen-bond acceptors (Lipinski definition) is 7. The van der Waals surface area contributed by atoms with E-state index in [0.29, 0.717) is 22.1 Å². The number of fused-ring (bicyclic) bond motifs is 1. The lowest BCUT2D eigenvalue weighted by molar-refractivity contribution is 0.0603. The summed E-state index contributed by atoms with van der Waals surface area (Å²) in [5.74, 6) is -1.10. The summed E-state index contributed by atoms with van der Waals surface area (Å²) in [6.45, 7) is 10.2. The quantitative estimate of drug-likeness (QED) is 0.228. The molecule has 0 aliphatic heterocycles. The summed E-state index contributed by atoms with van der Waals surface area (Å²) < 4.78 is 46.8. The average Bonchev–Trinajstić information content (AvgIpc) is 3.31. The minimum absolute atomic E-state index is 0.0702. The van der Waals surface area contributed by atoms with Gasteiger partial charge < -0.3 is 19.2 Å². The summed E-state index contributed by atoms with van der Waals surface area (Å²) in [5.41, 5.74) is 0.601.